The molecule has 0 aliphatic carbocycles. The number of methoxy groups -OCH3 is 3. The van der Waals surface area contributed by atoms with Crippen molar-refractivity contribution in [2.45, 2.75) is 4.90 Å². The van der Waals surface area contributed by atoms with Gasteiger partial charge in [-0.25, -0.2) is 8.42 Å². The third-order valence-corrected chi connectivity index (χ3v) is 6.99. The summed E-state index contributed by atoms with van der Waals surface area (Å²) in [5.74, 6) is 1.61. The highest BCUT2D eigenvalue weighted by Gasteiger charge is 2.29. The maximum Gasteiger partial charge on any atom is 0.246 e. The van der Waals surface area contributed by atoms with E-state index in [0.29, 0.717) is 30.3 Å². The van der Waals surface area contributed by atoms with Gasteiger partial charge in [0.25, 0.3) is 0 Å². The second kappa shape index (κ2) is 9.84. The molecule has 3 rings (SSSR count). The van der Waals surface area contributed by atoms with Gasteiger partial charge >= 0.3 is 0 Å². The van der Waals surface area contributed by atoms with Gasteiger partial charge < -0.3 is 19.1 Å². The van der Waals surface area contributed by atoms with Crippen LogP contribution in [0, 0.1) is 0 Å². The molecular weight excluding hydrogens is 420 g/mol. The molecule has 0 aromatic heterocycles. The molecule has 1 amide bonds. The molecule has 1 aliphatic rings. The van der Waals surface area contributed by atoms with Crippen molar-refractivity contribution in [2.24, 2.45) is 0 Å². The van der Waals surface area contributed by atoms with Gasteiger partial charge in [0.1, 0.15) is 5.75 Å². The number of sulfonamides is 1. The number of amides is 1. The van der Waals surface area contributed by atoms with E-state index in [1.165, 1.54) is 29.6 Å². The summed E-state index contributed by atoms with van der Waals surface area (Å²) in [5, 5.41) is 0. The van der Waals surface area contributed by atoms with Gasteiger partial charge in [0.2, 0.25) is 15.9 Å². The molecule has 0 spiro atoms. The van der Waals surface area contributed by atoms with Crippen LogP contribution in [0.5, 0.6) is 17.2 Å². The third-order valence-electron chi connectivity index (χ3n) is 5.07. The second-order valence-electron chi connectivity index (χ2n) is 6.85. The van der Waals surface area contributed by atoms with Crippen LogP contribution in [0.1, 0.15) is 5.56 Å². The van der Waals surface area contributed by atoms with Crippen molar-refractivity contribution in [1.29, 1.82) is 0 Å². The maximum atomic E-state index is 12.8. The van der Waals surface area contributed by atoms with Gasteiger partial charge in [0, 0.05) is 32.3 Å². The summed E-state index contributed by atoms with van der Waals surface area (Å²) in [6.07, 6.45) is 3.18. The summed E-state index contributed by atoms with van der Waals surface area (Å²) < 4.78 is 42.6. The highest BCUT2D eigenvalue weighted by atomic mass is 32.2. The molecule has 0 atom stereocenters. The molecule has 0 N–H and O–H groups in total. The normalized spacial score (nSPS) is 15.1. The fourth-order valence-electron chi connectivity index (χ4n) is 3.28. The van der Waals surface area contributed by atoms with Gasteiger partial charge in [-0.3, -0.25) is 4.79 Å². The number of nitrogens with zero attached hydrogens (tertiary/aromatic N) is 2. The molecule has 31 heavy (non-hydrogen) atoms. The molecule has 2 aromatic rings. The van der Waals surface area contributed by atoms with E-state index in [9.17, 15) is 13.2 Å². The molecule has 9 heteroatoms. The van der Waals surface area contributed by atoms with Crippen LogP contribution in [-0.4, -0.2) is 71.0 Å². The van der Waals surface area contributed by atoms with Crippen LogP contribution in [0.25, 0.3) is 6.08 Å². The SMILES string of the molecule is COc1ccc(S(=O)(=O)N2CCN(C(=O)/C=C/c3ccc(OC)c(OC)c3)CC2)cc1. The molecule has 0 radical (unpaired) electrons. The molecule has 1 heterocycles. The lowest BCUT2D eigenvalue weighted by Gasteiger charge is -2.33. The average Bonchev–Trinajstić information content (AvgIpc) is 2.82. The molecule has 166 valence electrons. The Bertz CT molecular complexity index is 1040. The third kappa shape index (κ3) is 5.18. The molecule has 0 bridgehead atoms. The summed E-state index contributed by atoms with van der Waals surface area (Å²) >= 11 is 0. The zero-order chi connectivity index (χ0) is 22.4. The molecule has 1 fully saturated rings. The average molecular weight is 447 g/mol. The van der Waals surface area contributed by atoms with Crippen LogP contribution in [0.4, 0.5) is 0 Å². The summed E-state index contributed by atoms with van der Waals surface area (Å²) in [5.41, 5.74) is 0.798. The Morgan fingerprint density at radius 1 is 0.871 bits per heavy atom. The lowest BCUT2D eigenvalue weighted by atomic mass is 10.2. The topological polar surface area (TPSA) is 85.4 Å². The van der Waals surface area contributed by atoms with Crippen molar-refractivity contribution in [2.75, 3.05) is 47.5 Å². The summed E-state index contributed by atoms with van der Waals surface area (Å²) in [4.78, 5) is 14.4. The van der Waals surface area contributed by atoms with Crippen LogP contribution < -0.4 is 14.2 Å². The second-order valence-corrected chi connectivity index (χ2v) is 8.79. The van der Waals surface area contributed by atoms with Crippen LogP contribution >= 0.6 is 0 Å². The van der Waals surface area contributed by atoms with Crippen molar-refractivity contribution < 1.29 is 27.4 Å². The number of carbonyl (C=O) groups excluding carboxylic acids is 1. The summed E-state index contributed by atoms with van der Waals surface area (Å²) in [6, 6.07) is 11.7. The largest absolute Gasteiger partial charge is 0.497 e. The van der Waals surface area contributed by atoms with Crippen molar-refractivity contribution in [1.82, 2.24) is 9.21 Å². The minimum atomic E-state index is -3.61. The Morgan fingerprint density at radius 3 is 2.10 bits per heavy atom. The highest BCUT2D eigenvalue weighted by molar-refractivity contribution is 7.89. The van der Waals surface area contributed by atoms with E-state index in [1.807, 2.05) is 6.07 Å². The number of carbonyl (C=O) groups is 1. The Labute approximate surface area is 182 Å². The quantitative estimate of drug-likeness (QED) is 0.607. The van der Waals surface area contributed by atoms with E-state index in [4.69, 9.17) is 14.2 Å². The van der Waals surface area contributed by atoms with Crippen LogP contribution in [0.3, 0.4) is 0 Å². The number of hydrogen-bond donors (Lipinski definition) is 0. The maximum absolute atomic E-state index is 12.8. The Kier molecular flexibility index (Phi) is 7.19. The molecule has 8 nitrogen and oxygen atoms in total. The number of benzene rings is 2. The van der Waals surface area contributed by atoms with Crippen LogP contribution in [-0.2, 0) is 14.8 Å². The van der Waals surface area contributed by atoms with Crippen molar-refractivity contribution in [3.8, 4) is 17.2 Å². The lowest BCUT2D eigenvalue weighted by molar-refractivity contribution is -0.127. The minimum absolute atomic E-state index is 0.170. The monoisotopic (exact) mass is 446 g/mol. The Balaban J connectivity index is 1.61. The van der Waals surface area contributed by atoms with E-state index >= 15 is 0 Å². The molecular formula is C22H26N2O6S. The van der Waals surface area contributed by atoms with E-state index in [1.54, 1.807) is 49.5 Å². The van der Waals surface area contributed by atoms with E-state index < -0.39 is 10.0 Å². The number of ether oxygens (including phenoxy) is 3. The van der Waals surface area contributed by atoms with Crippen LogP contribution in [0.2, 0.25) is 0 Å². The van der Waals surface area contributed by atoms with E-state index in [-0.39, 0.29) is 23.9 Å². The number of hydrogen-bond acceptors (Lipinski definition) is 6. The first kappa shape index (κ1) is 22.6. The minimum Gasteiger partial charge on any atom is -0.497 e. The van der Waals surface area contributed by atoms with Gasteiger partial charge in [-0.1, -0.05) is 6.07 Å². The zero-order valence-corrected chi connectivity index (χ0v) is 18.6. The fraction of sp³-hybridized carbons (Fsp3) is 0.318. The smallest absolute Gasteiger partial charge is 0.246 e. The van der Waals surface area contributed by atoms with Gasteiger partial charge in [-0.05, 0) is 48.0 Å². The molecule has 1 saturated heterocycles. The summed E-state index contributed by atoms with van der Waals surface area (Å²) in [7, 11) is 1.03. The van der Waals surface area contributed by atoms with Crippen molar-refractivity contribution in [3.05, 3.63) is 54.1 Å². The lowest BCUT2D eigenvalue weighted by Crippen LogP contribution is -2.50. The Hall–Kier alpha value is -3.04. The molecule has 2 aromatic carbocycles. The van der Waals surface area contributed by atoms with Crippen molar-refractivity contribution in [3.63, 3.8) is 0 Å². The van der Waals surface area contributed by atoms with Crippen LogP contribution in [0.15, 0.2) is 53.4 Å². The highest BCUT2D eigenvalue weighted by Crippen LogP contribution is 2.28. The first-order chi connectivity index (χ1) is 14.9. The zero-order valence-electron chi connectivity index (χ0n) is 17.8. The molecule has 0 saturated carbocycles. The van der Waals surface area contributed by atoms with Gasteiger partial charge in [0.05, 0.1) is 26.2 Å². The summed E-state index contributed by atoms with van der Waals surface area (Å²) in [6.45, 7) is 1.13. The molecule has 0 unspecified atom stereocenters. The standard InChI is InChI=1S/C22H26N2O6S/c1-28-18-6-8-19(9-7-18)31(26,27)24-14-12-23(13-15-24)22(25)11-5-17-4-10-20(29-2)21(16-17)30-3/h4-11,16H,12-15H2,1-3H3/b11-5+. The predicted molar refractivity (Wildman–Crippen MR) is 117 cm³/mol. The number of piperazine rings is 1. The van der Waals surface area contributed by atoms with E-state index in [0.717, 1.165) is 5.56 Å². The predicted octanol–water partition coefficient (Wildman–Crippen LogP) is 2.26. The number of rotatable bonds is 7. The van der Waals surface area contributed by atoms with Gasteiger partial charge in [0.15, 0.2) is 11.5 Å². The van der Waals surface area contributed by atoms with Gasteiger partial charge in [-0.15, -0.1) is 0 Å². The fourth-order valence-corrected chi connectivity index (χ4v) is 4.70. The first-order valence-electron chi connectivity index (χ1n) is 9.72. The van der Waals surface area contributed by atoms with Crippen molar-refractivity contribution >= 4 is 22.0 Å². The first-order valence-corrected chi connectivity index (χ1v) is 11.2. The molecule has 1 aliphatic heterocycles. The van der Waals surface area contributed by atoms with Gasteiger partial charge in [-0.2, -0.15) is 4.31 Å². The Morgan fingerprint density at radius 2 is 1.52 bits per heavy atom. The van der Waals surface area contributed by atoms with E-state index in [2.05, 4.69) is 0 Å².